The van der Waals surface area contributed by atoms with Crippen molar-refractivity contribution in [3.05, 3.63) is 47.3 Å². The molecule has 170 valence electrons. The third-order valence-electron chi connectivity index (χ3n) is 4.02. The highest BCUT2D eigenvalue weighted by atomic mass is 32.1. The van der Waals surface area contributed by atoms with Crippen LogP contribution in [-0.2, 0) is 12.4 Å². The van der Waals surface area contributed by atoms with E-state index in [1.807, 2.05) is 0 Å². The third-order valence-corrected chi connectivity index (χ3v) is 5.11. The maximum atomic E-state index is 13.1. The van der Waals surface area contributed by atoms with E-state index >= 15 is 0 Å². The molecular formula is C18H14F6N6OS. The van der Waals surface area contributed by atoms with E-state index in [4.69, 9.17) is 0 Å². The molecule has 32 heavy (non-hydrogen) atoms. The van der Waals surface area contributed by atoms with E-state index in [1.54, 1.807) is 20.0 Å². The van der Waals surface area contributed by atoms with Crippen LogP contribution < -0.4 is 16.0 Å². The highest BCUT2D eigenvalue weighted by Crippen LogP contribution is 2.41. The zero-order valence-corrected chi connectivity index (χ0v) is 17.1. The number of carbonyl (C=O) groups is 1. The summed E-state index contributed by atoms with van der Waals surface area (Å²) in [7, 11) is 1.64. The number of alkyl halides is 6. The molecule has 0 aliphatic carbocycles. The maximum absolute atomic E-state index is 13.1. The summed E-state index contributed by atoms with van der Waals surface area (Å²) in [5.74, 6) is 0.366. The van der Waals surface area contributed by atoms with Crippen LogP contribution in [0.5, 0.6) is 0 Å². The van der Waals surface area contributed by atoms with Gasteiger partial charge >= 0.3 is 18.4 Å². The van der Waals surface area contributed by atoms with Crippen molar-refractivity contribution >= 4 is 34.1 Å². The molecule has 0 bridgehead atoms. The summed E-state index contributed by atoms with van der Waals surface area (Å²) < 4.78 is 77.8. The molecular weight excluding hydrogens is 462 g/mol. The number of nitrogens with one attached hydrogen (secondary N) is 3. The van der Waals surface area contributed by atoms with Crippen LogP contribution in [0, 0.1) is 6.92 Å². The van der Waals surface area contributed by atoms with Crippen molar-refractivity contribution < 1.29 is 31.1 Å². The number of hydrogen-bond donors (Lipinski definition) is 3. The average molecular weight is 476 g/mol. The Labute approximate surface area is 180 Å². The SMILES string of the molecule is CNc1nccc(-c2sc(NC(=O)Nc3ccc(C(F)(F)F)c(C(F)(F)F)c3)nc2C)n1. The van der Waals surface area contributed by atoms with Gasteiger partial charge in [-0.2, -0.15) is 26.3 Å². The Bertz CT molecular complexity index is 1140. The number of anilines is 3. The van der Waals surface area contributed by atoms with Crippen molar-refractivity contribution in [3.8, 4) is 10.6 Å². The first-order chi connectivity index (χ1) is 14.9. The van der Waals surface area contributed by atoms with Crippen molar-refractivity contribution in [2.24, 2.45) is 0 Å². The second-order valence-corrected chi connectivity index (χ2v) is 7.28. The molecule has 3 N–H and O–H groups in total. The van der Waals surface area contributed by atoms with Crippen molar-refractivity contribution in [3.63, 3.8) is 0 Å². The van der Waals surface area contributed by atoms with Crippen LogP contribution in [0.25, 0.3) is 10.6 Å². The number of aryl methyl sites for hydroxylation is 1. The quantitative estimate of drug-likeness (QED) is 0.425. The second-order valence-electron chi connectivity index (χ2n) is 6.28. The van der Waals surface area contributed by atoms with E-state index in [-0.39, 0.29) is 17.3 Å². The minimum Gasteiger partial charge on any atom is -0.357 e. The molecule has 3 rings (SSSR count). The molecule has 0 aliphatic rings. The third kappa shape index (κ3) is 5.25. The Balaban J connectivity index is 1.79. The van der Waals surface area contributed by atoms with Gasteiger partial charge in [0.2, 0.25) is 5.95 Å². The van der Waals surface area contributed by atoms with Crippen LogP contribution in [0.4, 0.5) is 47.9 Å². The van der Waals surface area contributed by atoms with Gasteiger partial charge in [0, 0.05) is 18.9 Å². The van der Waals surface area contributed by atoms with Crippen molar-refractivity contribution in [2.45, 2.75) is 19.3 Å². The Morgan fingerprint density at radius 3 is 2.28 bits per heavy atom. The minimum atomic E-state index is -5.26. The molecule has 3 aromatic rings. The number of thiazole rings is 1. The zero-order chi connectivity index (χ0) is 23.7. The average Bonchev–Trinajstić information content (AvgIpc) is 3.06. The summed E-state index contributed by atoms with van der Waals surface area (Å²) in [6.45, 7) is 1.67. The minimum absolute atomic E-state index is 0.113. The van der Waals surface area contributed by atoms with Crippen LogP contribution in [0.15, 0.2) is 30.5 Å². The number of halogens is 6. The van der Waals surface area contributed by atoms with E-state index in [2.05, 4.69) is 30.9 Å². The summed E-state index contributed by atoms with van der Waals surface area (Å²) in [5, 5.41) is 7.33. The van der Waals surface area contributed by atoms with E-state index in [0.29, 0.717) is 22.2 Å². The number of amides is 2. The monoisotopic (exact) mass is 476 g/mol. The predicted molar refractivity (Wildman–Crippen MR) is 107 cm³/mol. The first kappa shape index (κ1) is 23.2. The summed E-state index contributed by atoms with van der Waals surface area (Å²) in [5.41, 5.74) is -3.16. The number of rotatable bonds is 4. The van der Waals surface area contributed by atoms with Crippen LogP contribution in [0.2, 0.25) is 0 Å². The Morgan fingerprint density at radius 2 is 1.66 bits per heavy atom. The van der Waals surface area contributed by atoms with Gasteiger partial charge in [0.05, 0.1) is 27.4 Å². The van der Waals surface area contributed by atoms with Gasteiger partial charge in [-0.15, -0.1) is 0 Å². The van der Waals surface area contributed by atoms with Gasteiger partial charge in [0.15, 0.2) is 5.13 Å². The maximum Gasteiger partial charge on any atom is 0.417 e. The van der Waals surface area contributed by atoms with Crippen molar-refractivity contribution in [1.82, 2.24) is 15.0 Å². The Morgan fingerprint density at radius 1 is 0.969 bits per heavy atom. The highest BCUT2D eigenvalue weighted by Gasteiger charge is 2.43. The fourth-order valence-corrected chi connectivity index (χ4v) is 3.59. The molecule has 2 heterocycles. The zero-order valence-electron chi connectivity index (χ0n) is 16.3. The lowest BCUT2D eigenvalue weighted by atomic mass is 10.1. The van der Waals surface area contributed by atoms with Gasteiger partial charge in [-0.3, -0.25) is 5.32 Å². The van der Waals surface area contributed by atoms with Crippen LogP contribution in [0.1, 0.15) is 16.8 Å². The molecule has 14 heteroatoms. The highest BCUT2D eigenvalue weighted by molar-refractivity contribution is 7.19. The van der Waals surface area contributed by atoms with E-state index < -0.39 is 35.2 Å². The molecule has 0 radical (unpaired) electrons. The van der Waals surface area contributed by atoms with Gasteiger partial charge in [0.25, 0.3) is 0 Å². The molecule has 1 aromatic carbocycles. The molecule has 0 fully saturated rings. The predicted octanol–water partition coefficient (Wildman–Crippen LogP) is 5.63. The van der Waals surface area contributed by atoms with Crippen LogP contribution >= 0.6 is 11.3 Å². The number of carbonyl (C=O) groups excluding carboxylic acids is 1. The number of aromatic nitrogens is 3. The first-order valence-corrected chi connectivity index (χ1v) is 9.55. The van der Waals surface area contributed by atoms with Crippen molar-refractivity contribution in [2.75, 3.05) is 23.0 Å². The van der Waals surface area contributed by atoms with Gasteiger partial charge in [-0.25, -0.2) is 19.7 Å². The van der Waals surface area contributed by atoms with Gasteiger partial charge < -0.3 is 10.6 Å². The lowest BCUT2D eigenvalue weighted by Crippen LogP contribution is -2.21. The Kier molecular flexibility index (Phi) is 6.25. The Hall–Kier alpha value is -3.42. The summed E-state index contributed by atoms with van der Waals surface area (Å²) in [6.07, 6.45) is -8.94. The summed E-state index contributed by atoms with van der Waals surface area (Å²) in [4.78, 5) is 25.2. The normalized spacial score (nSPS) is 11.9. The van der Waals surface area contributed by atoms with Gasteiger partial charge in [0.1, 0.15) is 0 Å². The molecule has 0 atom stereocenters. The second kappa shape index (κ2) is 8.61. The van der Waals surface area contributed by atoms with Gasteiger partial charge in [-0.1, -0.05) is 11.3 Å². The summed E-state index contributed by atoms with van der Waals surface area (Å²) in [6, 6.07) is 1.87. The van der Waals surface area contributed by atoms with E-state index in [9.17, 15) is 31.1 Å². The van der Waals surface area contributed by atoms with Crippen LogP contribution in [0.3, 0.4) is 0 Å². The van der Waals surface area contributed by atoms with Crippen LogP contribution in [-0.4, -0.2) is 28.0 Å². The summed E-state index contributed by atoms with van der Waals surface area (Å²) >= 11 is 1.05. The topological polar surface area (TPSA) is 91.8 Å². The smallest absolute Gasteiger partial charge is 0.357 e. The molecule has 0 spiro atoms. The molecule has 2 amide bonds. The number of urea groups is 1. The van der Waals surface area contributed by atoms with E-state index in [1.165, 1.54) is 6.20 Å². The molecule has 0 aliphatic heterocycles. The number of benzene rings is 1. The molecule has 7 nitrogen and oxygen atoms in total. The first-order valence-electron chi connectivity index (χ1n) is 8.73. The fraction of sp³-hybridized carbons (Fsp3) is 0.222. The lowest BCUT2D eigenvalue weighted by Gasteiger charge is -2.16. The standard InChI is InChI=1S/C18H14F6N6OS/c1-8-13(12-5-6-26-14(25-2)29-12)32-16(27-8)30-15(31)28-9-3-4-10(17(19,20)21)11(7-9)18(22,23)24/h3-7H,1-2H3,(H,25,26,29)(H2,27,28,30,31). The molecule has 0 saturated carbocycles. The molecule has 0 unspecified atom stereocenters. The fourth-order valence-electron chi connectivity index (χ4n) is 2.66. The molecule has 0 saturated heterocycles. The number of nitrogens with zero attached hydrogens (tertiary/aromatic N) is 3. The lowest BCUT2D eigenvalue weighted by molar-refractivity contribution is -0.162. The number of hydrogen-bond acceptors (Lipinski definition) is 6. The van der Waals surface area contributed by atoms with Crippen molar-refractivity contribution in [1.29, 1.82) is 0 Å². The largest absolute Gasteiger partial charge is 0.417 e. The van der Waals surface area contributed by atoms with E-state index in [0.717, 1.165) is 17.4 Å². The van der Waals surface area contributed by atoms with Gasteiger partial charge in [-0.05, 0) is 31.2 Å². The molecule has 2 aromatic heterocycles.